The molecule has 0 saturated carbocycles. The summed E-state index contributed by atoms with van der Waals surface area (Å²) in [4.78, 5) is 15.6. The van der Waals surface area contributed by atoms with Gasteiger partial charge in [0.2, 0.25) is 11.0 Å². The highest BCUT2D eigenvalue weighted by atomic mass is 32.1. The zero-order valence-corrected chi connectivity index (χ0v) is 9.43. The summed E-state index contributed by atoms with van der Waals surface area (Å²) in [6.07, 6.45) is 2.77. The van der Waals surface area contributed by atoms with E-state index in [4.69, 9.17) is 0 Å². The van der Waals surface area contributed by atoms with Crippen LogP contribution in [0.15, 0.2) is 0 Å². The highest BCUT2D eigenvalue weighted by molar-refractivity contribution is 7.09. The average molecular weight is 226 g/mol. The first-order chi connectivity index (χ1) is 7.24. The lowest BCUT2D eigenvalue weighted by Crippen LogP contribution is -2.27. The van der Waals surface area contributed by atoms with Crippen molar-refractivity contribution in [2.24, 2.45) is 0 Å². The second-order valence-corrected chi connectivity index (χ2v) is 4.44. The number of nitrogens with one attached hydrogen (secondary N) is 2. The maximum Gasteiger partial charge on any atom is 0.227 e. The van der Waals surface area contributed by atoms with Gasteiger partial charge in [-0.15, -0.1) is 0 Å². The molecule has 15 heavy (non-hydrogen) atoms. The number of carbonyl (C=O) groups excluding carboxylic acids is 1. The van der Waals surface area contributed by atoms with E-state index in [9.17, 15) is 4.79 Å². The summed E-state index contributed by atoms with van der Waals surface area (Å²) in [5, 5.41) is 6.63. The van der Waals surface area contributed by atoms with Crippen LogP contribution in [0.3, 0.4) is 0 Å². The third kappa shape index (κ3) is 2.97. The van der Waals surface area contributed by atoms with E-state index in [-0.39, 0.29) is 5.91 Å². The Morgan fingerprint density at radius 3 is 3.20 bits per heavy atom. The molecule has 2 rings (SSSR count). The molecule has 1 fully saturated rings. The van der Waals surface area contributed by atoms with Crippen LogP contribution in [0.25, 0.3) is 0 Å². The van der Waals surface area contributed by atoms with Crippen LogP contribution >= 0.6 is 11.5 Å². The van der Waals surface area contributed by atoms with E-state index in [0.717, 1.165) is 19.4 Å². The standard InChI is InChI=1S/C9H14N4OS/c1-6-11-9(15-13-6)12-8(14)5-7-3-2-4-10-7/h7,10H,2-5H2,1H3,(H,11,12,13,14). The number of nitrogens with zero attached hydrogens (tertiary/aromatic N) is 2. The maximum absolute atomic E-state index is 11.6. The van der Waals surface area contributed by atoms with E-state index >= 15 is 0 Å². The van der Waals surface area contributed by atoms with E-state index < -0.39 is 0 Å². The minimum absolute atomic E-state index is 0.0190. The highest BCUT2D eigenvalue weighted by Gasteiger charge is 2.18. The van der Waals surface area contributed by atoms with Crippen molar-refractivity contribution in [1.82, 2.24) is 14.7 Å². The molecule has 82 valence electrons. The SMILES string of the molecule is Cc1nsc(NC(=O)CC2CCCN2)n1. The molecule has 1 amide bonds. The lowest BCUT2D eigenvalue weighted by Gasteiger charge is -2.08. The van der Waals surface area contributed by atoms with Gasteiger partial charge in [0.25, 0.3) is 0 Å². The third-order valence-electron chi connectivity index (χ3n) is 2.37. The minimum atomic E-state index is 0.0190. The molecule has 1 atom stereocenters. The van der Waals surface area contributed by atoms with Gasteiger partial charge >= 0.3 is 0 Å². The fourth-order valence-corrected chi connectivity index (χ4v) is 2.26. The van der Waals surface area contributed by atoms with Crippen molar-refractivity contribution in [3.8, 4) is 0 Å². The van der Waals surface area contributed by atoms with Gasteiger partial charge in [-0.2, -0.15) is 4.37 Å². The van der Waals surface area contributed by atoms with Crippen LogP contribution in [0.5, 0.6) is 0 Å². The van der Waals surface area contributed by atoms with Gasteiger partial charge in [-0.05, 0) is 26.3 Å². The predicted molar refractivity (Wildman–Crippen MR) is 58.9 cm³/mol. The number of hydrogen-bond donors (Lipinski definition) is 2. The summed E-state index contributed by atoms with van der Waals surface area (Å²) < 4.78 is 4.00. The van der Waals surface area contributed by atoms with Crippen molar-refractivity contribution in [3.63, 3.8) is 0 Å². The second kappa shape index (κ2) is 4.67. The normalized spacial score (nSPS) is 20.5. The lowest BCUT2D eigenvalue weighted by atomic mass is 10.1. The third-order valence-corrected chi connectivity index (χ3v) is 3.09. The van der Waals surface area contributed by atoms with Gasteiger partial charge in [0.1, 0.15) is 5.82 Å². The first-order valence-electron chi connectivity index (χ1n) is 5.07. The molecule has 1 aliphatic rings. The summed E-state index contributed by atoms with van der Waals surface area (Å²) in [7, 11) is 0. The van der Waals surface area contributed by atoms with Gasteiger partial charge in [0.05, 0.1) is 0 Å². The zero-order valence-electron chi connectivity index (χ0n) is 8.62. The summed E-state index contributed by atoms with van der Waals surface area (Å²) >= 11 is 1.22. The summed E-state index contributed by atoms with van der Waals surface area (Å²) in [6.45, 7) is 2.83. The number of amides is 1. The average Bonchev–Trinajstić information content (AvgIpc) is 2.77. The number of carbonyl (C=O) groups is 1. The molecule has 0 aromatic carbocycles. The Bertz CT molecular complexity index is 346. The lowest BCUT2D eigenvalue weighted by molar-refractivity contribution is -0.116. The van der Waals surface area contributed by atoms with E-state index in [0.29, 0.717) is 23.4 Å². The first-order valence-corrected chi connectivity index (χ1v) is 5.85. The van der Waals surface area contributed by atoms with E-state index in [1.165, 1.54) is 11.5 Å². The highest BCUT2D eigenvalue weighted by Crippen LogP contribution is 2.13. The molecule has 0 aliphatic carbocycles. The molecule has 6 heteroatoms. The molecule has 1 aromatic rings. The quantitative estimate of drug-likeness (QED) is 0.804. The number of aryl methyl sites for hydroxylation is 1. The molecular weight excluding hydrogens is 212 g/mol. The predicted octanol–water partition coefficient (Wildman–Crippen LogP) is 0.927. The Kier molecular flexibility index (Phi) is 3.27. The van der Waals surface area contributed by atoms with Crippen LogP contribution < -0.4 is 10.6 Å². The van der Waals surface area contributed by atoms with Gasteiger partial charge in [-0.1, -0.05) is 0 Å². The molecule has 0 radical (unpaired) electrons. The van der Waals surface area contributed by atoms with Crippen LogP contribution in [0.1, 0.15) is 25.1 Å². The van der Waals surface area contributed by atoms with E-state index in [1.807, 2.05) is 6.92 Å². The smallest absolute Gasteiger partial charge is 0.227 e. The molecular formula is C9H14N4OS. The first kappa shape index (κ1) is 10.5. The molecule has 2 N–H and O–H groups in total. The van der Waals surface area contributed by atoms with E-state index in [1.54, 1.807) is 0 Å². The fraction of sp³-hybridized carbons (Fsp3) is 0.667. The van der Waals surface area contributed by atoms with Crippen molar-refractivity contribution in [3.05, 3.63) is 5.82 Å². The molecule has 1 aliphatic heterocycles. The summed E-state index contributed by atoms with van der Waals surface area (Å²) in [5.74, 6) is 0.722. The molecule has 5 nitrogen and oxygen atoms in total. The number of anilines is 1. The minimum Gasteiger partial charge on any atom is -0.313 e. The zero-order chi connectivity index (χ0) is 10.7. The largest absolute Gasteiger partial charge is 0.313 e. The van der Waals surface area contributed by atoms with Gasteiger partial charge in [0, 0.05) is 24.0 Å². The maximum atomic E-state index is 11.6. The fourth-order valence-electron chi connectivity index (χ4n) is 1.67. The summed E-state index contributed by atoms with van der Waals surface area (Å²) in [6, 6.07) is 0.332. The molecule has 1 saturated heterocycles. The second-order valence-electron chi connectivity index (χ2n) is 3.69. The number of rotatable bonds is 3. The van der Waals surface area contributed by atoms with E-state index in [2.05, 4.69) is 20.0 Å². The number of hydrogen-bond acceptors (Lipinski definition) is 5. The van der Waals surface area contributed by atoms with Gasteiger partial charge in [-0.3, -0.25) is 4.79 Å². The Labute approximate surface area is 92.5 Å². The topological polar surface area (TPSA) is 66.9 Å². The van der Waals surface area contributed by atoms with Crippen LogP contribution in [0, 0.1) is 6.92 Å². The molecule has 2 heterocycles. The molecule has 1 unspecified atom stereocenters. The summed E-state index contributed by atoms with van der Waals surface area (Å²) in [5.41, 5.74) is 0. The Morgan fingerprint density at radius 2 is 2.60 bits per heavy atom. The molecule has 0 spiro atoms. The number of aromatic nitrogens is 2. The van der Waals surface area contributed by atoms with Gasteiger partial charge in [0.15, 0.2) is 0 Å². The van der Waals surface area contributed by atoms with Crippen molar-refractivity contribution in [2.75, 3.05) is 11.9 Å². The van der Waals surface area contributed by atoms with Crippen molar-refractivity contribution >= 4 is 22.6 Å². The van der Waals surface area contributed by atoms with Crippen LogP contribution in [-0.2, 0) is 4.79 Å². The van der Waals surface area contributed by atoms with Crippen molar-refractivity contribution in [1.29, 1.82) is 0 Å². The van der Waals surface area contributed by atoms with Crippen molar-refractivity contribution in [2.45, 2.75) is 32.2 Å². The van der Waals surface area contributed by atoms with Crippen LogP contribution in [0.2, 0.25) is 0 Å². The van der Waals surface area contributed by atoms with Crippen LogP contribution in [0.4, 0.5) is 5.13 Å². The molecule has 1 aromatic heterocycles. The van der Waals surface area contributed by atoms with Gasteiger partial charge < -0.3 is 10.6 Å². The Morgan fingerprint density at radius 1 is 1.73 bits per heavy atom. The molecule has 0 bridgehead atoms. The van der Waals surface area contributed by atoms with Gasteiger partial charge in [-0.25, -0.2) is 4.98 Å². The van der Waals surface area contributed by atoms with Crippen molar-refractivity contribution < 1.29 is 4.79 Å². The van der Waals surface area contributed by atoms with Crippen LogP contribution in [-0.4, -0.2) is 27.9 Å². The monoisotopic (exact) mass is 226 g/mol. The Balaban J connectivity index is 1.81. The Hall–Kier alpha value is -1.01.